The van der Waals surface area contributed by atoms with Gasteiger partial charge in [-0.05, 0) is 37.5 Å². The topological polar surface area (TPSA) is 34.0 Å². The molecule has 0 bridgehead atoms. The minimum Gasteiger partial charge on any atom is -0.377 e. The largest absolute Gasteiger partial charge is 0.377 e. The monoisotopic (exact) mass is 270 g/mol. The van der Waals surface area contributed by atoms with E-state index >= 15 is 0 Å². The van der Waals surface area contributed by atoms with Crippen LogP contribution in [-0.4, -0.2) is 4.57 Å². The molecule has 1 aromatic carbocycles. The highest BCUT2D eigenvalue weighted by molar-refractivity contribution is 5.43. The summed E-state index contributed by atoms with van der Waals surface area (Å²) in [5.74, 6) is 0. The Bertz CT molecular complexity index is 614. The van der Waals surface area contributed by atoms with E-state index in [9.17, 15) is 4.79 Å². The molecule has 0 aliphatic rings. The maximum atomic E-state index is 11.6. The molecule has 3 nitrogen and oxygen atoms in total. The highest BCUT2D eigenvalue weighted by atomic mass is 16.1. The summed E-state index contributed by atoms with van der Waals surface area (Å²) in [5, 5.41) is 3.44. The van der Waals surface area contributed by atoms with Crippen LogP contribution in [0.1, 0.15) is 37.9 Å². The summed E-state index contributed by atoms with van der Waals surface area (Å²) in [5.41, 5.74) is 3.61. The van der Waals surface area contributed by atoms with Gasteiger partial charge in [0, 0.05) is 24.8 Å². The van der Waals surface area contributed by atoms with Crippen LogP contribution < -0.4 is 10.9 Å². The Hall–Kier alpha value is -2.03. The fourth-order valence-electron chi connectivity index (χ4n) is 2.24. The second-order valence-corrected chi connectivity index (χ2v) is 5.00. The molecule has 1 aromatic heterocycles. The van der Waals surface area contributed by atoms with Gasteiger partial charge in [0.1, 0.15) is 0 Å². The van der Waals surface area contributed by atoms with Crippen molar-refractivity contribution in [2.45, 2.75) is 39.8 Å². The SMILES string of the molecule is CCc1ccc(C(C)Nc2ccc(=O)n(CC)c2)cc1. The second-order valence-electron chi connectivity index (χ2n) is 5.00. The number of aromatic nitrogens is 1. The molecule has 0 saturated carbocycles. The maximum absolute atomic E-state index is 11.6. The highest BCUT2D eigenvalue weighted by Crippen LogP contribution is 2.19. The number of anilines is 1. The summed E-state index contributed by atoms with van der Waals surface area (Å²) in [6, 6.07) is 12.3. The predicted molar refractivity (Wildman–Crippen MR) is 84.2 cm³/mol. The summed E-state index contributed by atoms with van der Waals surface area (Å²) >= 11 is 0. The Morgan fingerprint density at radius 1 is 1.10 bits per heavy atom. The molecule has 3 heteroatoms. The van der Waals surface area contributed by atoms with Crippen LogP contribution >= 0.6 is 0 Å². The molecule has 0 spiro atoms. The van der Waals surface area contributed by atoms with Gasteiger partial charge in [0.2, 0.25) is 0 Å². The van der Waals surface area contributed by atoms with Crippen molar-refractivity contribution in [1.82, 2.24) is 4.57 Å². The average Bonchev–Trinajstić information content (AvgIpc) is 2.49. The fraction of sp³-hybridized carbons (Fsp3) is 0.353. The lowest BCUT2D eigenvalue weighted by molar-refractivity contribution is 0.725. The Morgan fingerprint density at radius 3 is 2.40 bits per heavy atom. The van der Waals surface area contributed by atoms with Gasteiger partial charge in [0.05, 0.1) is 5.69 Å². The van der Waals surface area contributed by atoms with Gasteiger partial charge in [-0.15, -0.1) is 0 Å². The summed E-state index contributed by atoms with van der Waals surface area (Å²) in [4.78, 5) is 11.6. The number of pyridine rings is 1. The normalized spacial score (nSPS) is 12.2. The molecule has 0 aliphatic heterocycles. The van der Waals surface area contributed by atoms with E-state index in [0.717, 1.165) is 12.1 Å². The van der Waals surface area contributed by atoms with E-state index in [2.05, 4.69) is 43.4 Å². The number of nitrogens with one attached hydrogen (secondary N) is 1. The van der Waals surface area contributed by atoms with Crippen LogP contribution in [0.2, 0.25) is 0 Å². The lowest BCUT2D eigenvalue weighted by Crippen LogP contribution is -2.18. The number of hydrogen-bond donors (Lipinski definition) is 1. The first-order valence-corrected chi connectivity index (χ1v) is 7.20. The van der Waals surface area contributed by atoms with E-state index < -0.39 is 0 Å². The van der Waals surface area contributed by atoms with Crippen molar-refractivity contribution in [3.05, 3.63) is 64.1 Å². The molecule has 2 rings (SSSR count). The molecule has 2 aromatic rings. The Balaban J connectivity index is 2.14. The minimum atomic E-state index is 0.0398. The summed E-state index contributed by atoms with van der Waals surface area (Å²) in [7, 11) is 0. The van der Waals surface area contributed by atoms with Crippen molar-refractivity contribution in [2.24, 2.45) is 0 Å². The first-order valence-electron chi connectivity index (χ1n) is 7.20. The van der Waals surface area contributed by atoms with Crippen LogP contribution in [0.25, 0.3) is 0 Å². The molecular weight excluding hydrogens is 248 g/mol. The molecule has 0 fully saturated rings. The van der Waals surface area contributed by atoms with Gasteiger partial charge >= 0.3 is 0 Å². The van der Waals surface area contributed by atoms with Crippen LogP contribution in [0.5, 0.6) is 0 Å². The number of nitrogens with zero attached hydrogens (tertiary/aromatic N) is 1. The number of rotatable bonds is 5. The number of benzene rings is 1. The van der Waals surface area contributed by atoms with E-state index in [4.69, 9.17) is 0 Å². The quantitative estimate of drug-likeness (QED) is 0.900. The van der Waals surface area contributed by atoms with Crippen LogP contribution in [-0.2, 0) is 13.0 Å². The van der Waals surface area contributed by atoms with Gasteiger partial charge in [0.15, 0.2) is 0 Å². The number of hydrogen-bond acceptors (Lipinski definition) is 2. The summed E-state index contributed by atoms with van der Waals surface area (Å²) in [6.45, 7) is 6.94. The Kier molecular flexibility index (Phi) is 4.61. The molecule has 1 atom stereocenters. The molecular formula is C17H22N2O. The van der Waals surface area contributed by atoms with E-state index in [1.54, 1.807) is 10.6 Å². The molecule has 1 unspecified atom stereocenters. The lowest BCUT2D eigenvalue weighted by Gasteiger charge is -2.17. The van der Waals surface area contributed by atoms with Crippen molar-refractivity contribution >= 4 is 5.69 Å². The second kappa shape index (κ2) is 6.42. The van der Waals surface area contributed by atoms with Crippen molar-refractivity contribution in [3.8, 4) is 0 Å². The van der Waals surface area contributed by atoms with Gasteiger partial charge < -0.3 is 9.88 Å². The Morgan fingerprint density at radius 2 is 1.80 bits per heavy atom. The molecule has 106 valence electrons. The third kappa shape index (κ3) is 3.29. The molecule has 20 heavy (non-hydrogen) atoms. The smallest absolute Gasteiger partial charge is 0.250 e. The van der Waals surface area contributed by atoms with E-state index in [0.29, 0.717) is 6.54 Å². The Labute approximate surface area is 120 Å². The zero-order chi connectivity index (χ0) is 14.5. The van der Waals surface area contributed by atoms with Crippen molar-refractivity contribution in [3.63, 3.8) is 0 Å². The van der Waals surface area contributed by atoms with Crippen molar-refractivity contribution < 1.29 is 0 Å². The van der Waals surface area contributed by atoms with Crippen LogP contribution in [0.15, 0.2) is 47.4 Å². The highest BCUT2D eigenvalue weighted by Gasteiger charge is 2.06. The van der Waals surface area contributed by atoms with Crippen LogP contribution in [0.3, 0.4) is 0 Å². The van der Waals surface area contributed by atoms with Gasteiger partial charge in [-0.2, -0.15) is 0 Å². The summed E-state index contributed by atoms with van der Waals surface area (Å²) in [6.07, 6.45) is 2.93. The maximum Gasteiger partial charge on any atom is 0.250 e. The van der Waals surface area contributed by atoms with Crippen LogP contribution in [0.4, 0.5) is 5.69 Å². The number of aryl methyl sites for hydroxylation is 2. The summed E-state index contributed by atoms with van der Waals surface area (Å²) < 4.78 is 1.70. The molecule has 1 heterocycles. The molecule has 0 saturated heterocycles. The van der Waals surface area contributed by atoms with Gasteiger partial charge in [0.25, 0.3) is 5.56 Å². The van der Waals surface area contributed by atoms with Gasteiger partial charge in [-0.1, -0.05) is 31.2 Å². The standard InChI is InChI=1S/C17H22N2O/c1-4-14-6-8-15(9-7-14)13(3)18-16-10-11-17(20)19(5-2)12-16/h6-13,18H,4-5H2,1-3H3. The third-order valence-corrected chi connectivity index (χ3v) is 3.60. The van der Waals surface area contributed by atoms with E-state index in [-0.39, 0.29) is 11.6 Å². The zero-order valence-electron chi connectivity index (χ0n) is 12.4. The fourth-order valence-corrected chi connectivity index (χ4v) is 2.24. The van der Waals surface area contributed by atoms with Crippen molar-refractivity contribution in [2.75, 3.05) is 5.32 Å². The van der Waals surface area contributed by atoms with E-state index in [1.807, 2.05) is 19.2 Å². The minimum absolute atomic E-state index is 0.0398. The first kappa shape index (κ1) is 14.4. The lowest BCUT2D eigenvalue weighted by atomic mass is 10.0. The molecule has 1 N–H and O–H groups in total. The van der Waals surface area contributed by atoms with Gasteiger partial charge in [-0.25, -0.2) is 0 Å². The predicted octanol–water partition coefficient (Wildman–Crippen LogP) is 3.60. The van der Waals surface area contributed by atoms with Gasteiger partial charge in [-0.3, -0.25) is 4.79 Å². The average molecular weight is 270 g/mol. The van der Waals surface area contributed by atoms with E-state index in [1.165, 1.54) is 11.1 Å². The van der Waals surface area contributed by atoms with Crippen molar-refractivity contribution in [1.29, 1.82) is 0 Å². The molecule has 0 aliphatic carbocycles. The third-order valence-electron chi connectivity index (χ3n) is 3.60. The molecule has 0 radical (unpaired) electrons. The first-order chi connectivity index (χ1) is 9.63. The zero-order valence-corrected chi connectivity index (χ0v) is 12.4. The molecule has 0 amide bonds. The van der Waals surface area contributed by atoms with Crippen LogP contribution in [0, 0.1) is 0 Å².